The van der Waals surface area contributed by atoms with Crippen LogP contribution in [0.15, 0.2) is 52.8 Å². The normalized spacial score (nSPS) is 14.9. The molecule has 1 saturated carbocycles. The van der Waals surface area contributed by atoms with Gasteiger partial charge in [-0.05, 0) is 55.0 Å². The molecule has 5 heteroatoms. The Morgan fingerprint density at radius 3 is 2.60 bits per heavy atom. The number of nitrogens with zero attached hydrogens (tertiary/aromatic N) is 2. The first kappa shape index (κ1) is 20.6. The van der Waals surface area contributed by atoms with Crippen molar-refractivity contribution in [3.63, 3.8) is 0 Å². The van der Waals surface area contributed by atoms with Crippen LogP contribution in [0.2, 0.25) is 0 Å². The number of hydrogen-bond donors (Lipinski definition) is 0. The highest BCUT2D eigenvalue weighted by atomic mass is 32.1. The summed E-state index contributed by atoms with van der Waals surface area (Å²) in [5, 5.41) is 2.82. The Morgan fingerprint density at radius 1 is 1.07 bits per heavy atom. The van der Waals surface area contributed by atoms with Gasteiger partial charge in [0.1, 0.15) is 0 Å². The fraction of sp³-hybridized carbons (Fsp3) is 0.360. The van der Waals surface area contributed by atoms with E-state index < -0.39 is 0 Å². The topological polar surface area (TPSA) is 43.7 Å². The van der Waals surface area contributed by atoms with Gasteiger partial charge >= 0.3 is 0 Å². The van der Waals surface area contributed by atoms with Gasteiger partial charge in [0.05, 0.1) is 19.4 Å². The molecule has 30 heavy (non-hydrogen) atoms. The Morgan fingerprint density at radius 2 is 1.87 bits per heavy atom. The van der Waals surface area contributed by atoms with E-state index in [0.29, 0.717) is 12.4 Å². The summed E-state index contributed by atoms with van der Waals surface area (Å²) in [4.78, 5) is 9.24. The number of methoxy groups -OCH3 is 1. The number of benzene rings is 2. The molecule has 4 rings (SSSR count). The number of thiazole rings is 1. The molecule has 0 N–H and O–H groups in total. The predicted octanol–water partition coefficient (Wildman–Crippen LogP) is 7.02. The number of aliphatic imine (C=N–C) groups is 1. The third kappa shape index (κ3) is 4.90. The number of ether oxygens (including phenoxy) is 2. The van der Waals surface area contributed by atoms with E-state index in [4.69, 9.17) is 14.5 Å². The summed E-state index contributed by atoms with van der Waals surface area (Å²) in [6.07, 6.45) is 8.57. The highest BCUT2D eigenvalue weighted by Crippen LogP contribution is 2.34. The molecule has 1 heterocycles. The maximum atomic E-state index is 5.57. The van der Waals surface area contributed by atoms with Crippen molar-refractivity contribution < 1.29 is 9.47 Å². The zero-order chi connectivity index (χ0) is 20.8. The van der Waals surface area contributed by atoms with Gasteiger partial charge in [-0.3, -0.25) is 0 Å². The second kappa shape index (κ2) is 9.90. The van der Waals surface area contributed by atoms with Crippen LogP contribution in [0.3, 0.4) is 0 Å². The van der Waals surface area contributed by atoms with Gasteiger partial charge in [0.15, 0.2) is 11.5 Å². The Kier molecular flexibility index (Phi) is 6.80. The predicted molar refractivity (Wildman–Crippen MR) is 125 cm³/mol. The van der Waals surface area contributed by atoms with Crippen molar-refractivity contribution in [1.29, 1.82) is 0 Å². The molecular formula is C25H28N2O2S. The Labute approximate surface area is 182 Å². The zero-order valence-electron chi connectivity index (χ0n) is 17.6. The van der Waals surface area contributed by atoms with E-state index in [9.17, 15) is 0 Å². The van der Waals surface area contributed by atoms with Gasteiger partial charge in [-0.2, -0.15) is 0 Å². The SMILES string of the molecule is CCOc1ccc(C=Nc2nc(-c3ccc(C4CCCCC4)cc3)cs2)cc1OC. The molecule has 0 bridgehead atoms. The Balaban J connectivity index is 1.45. The van der Waals surface area contributed by atoms with Gasteiger partial charge in [-0.15, -0.1) is 11.3 Å². The van der Waals surface area contributed by atoms with Gasteiger partial charge in [0, 0.05) is 17.2 Å². The first-order valence-corrected chi connectivity index (χ1v) is 11.6. The van der Waals surface area contributed by atoms with Gasteiger partial charge in [0.25, 0.3) is 0 Å². The van der Waals surface area contributed by atoms with Crippen LogP contribution in [0.25, 0.3) is 11.3 Å². The van der Waals surface area contributed by atoms with Crippen molar-refractivity contribution in [1.82, 2.24) is 4.98 Å². The number of aromatic nitrogens is 1. The Bertz CT molecular complexity index is 989. The van der Waals surface area contributed by atoms with E-state index in [1.54, 1.807) is 18.4 Å². The molecule has 1 fully saturated rings. The highest BCUT2D eigenvalue weighted by Gasteiger charge is 2.15. The van der Waals surface area contributed by atoms with E-state index in [1.165, 1.54) is 37.7 Å². The lowest BCUT2D eigenvalue weighted by molar-refractivity contribution is 0.311. The first-order chi connectivity index (χ1) is 14.8. The number of rotatable bonds is 7. The molecule has 0 radical (unpaired) electrons. The molecule has 0 amide bonds. The van der Waals surface area contributed by atoms with Crippen molar-refractivity contribution in [2.45, 2.75) is 44.9 Å². The minimum atomic E-state index is 0.604. The highest BCUT2D eigenvalue weighted by molar-refractivity contribution is 7.13. The summed E-state index contributed by atoms with van der Waals surface area (Å²) in [5.41, 5.74) is 4.54. The lowest BCUT2D eigenvalue weighted by Gasteiger charge is -2.22. The van der Waals surface area contributed by atoms with Crippen molar-refractivity contribution in [2.24, 2.45) is 4.99 Å². The fourth-order valence-electron chi connectivity index (χ4n) is 3.99. The maximum absolute atomic E-state index is 5.57. The summed E-state index contributed by atoms with van der Waals surface area (Å²) >= 11 is 1.55. The molecule has 0 unspecified atom stereocenters. The lowest BCUT2D eigenvalue weighted by Crippen LogP contribution is -2.04. The molecular weight excluding hydrogens is 392 g/mol. The summed E-state index contributed by atoms with van der Waals surface area (Å²) in [6, 6.07) is 14.8. The second-order valence-corrected chi connectivity index (χ2v) is 8.41. The third-order valence-electron chi connectivity index (χ3n) is 5.59. The van der Waals surface area contributed by atoms with Crippen molar-refractivity contribution >= 4 is 22.7 Å². The van der Waals surface area contributed by atoms with E-state index >= 15 is 0 Å². The van der Waals surface area contributed by atoms with Crippen LogP contribution in [0.4, 0.5) is 5.13 Å². The van der Waals surface area contributed by atoms with E-state index in [-0.39, 0.29) is 0 Å². The van der Waals surface area contributed by atoms with E-state index in [1.807, 2.05) is 31.3 Å². The Hall–Kier alpha value is -2.66. The van der Waals surface area contributed by atoms with Gasteiger partial charge in [-0.1, -0.05) is 43.5 Å². The van der Waals surface area contributed by atoms with Gasteiger partial charge < -0.3 is 9.47 Å². The third-order valence-corrected chi connectivity index (χ3v) is 6.34. The summed E-state index contributed by atoms with van der Waals surface area (Å²) < 4.78 is 11.0. The molecule has 0 atom stereocenters. The largest absolute Gasteiger partial charge is 0.493 e. The molecule has 2 aromatic carbocycles. The quantitative estimate of drug-likeness (QED) is 0.386. The van der Waals surface area contributed by atoms with Crippen LogP contribution in [0, 0.1) is 0 Å². The summed E-state index contributed by atoms with van der Waals surface area (Å²) in [5.74, 6) is 2.18. The fourth-order valence-corrected chi connectivity index (χ4v) is 4.66. The van der Waals surface area contributed by atoms with E-state index in [2.05, 4.69) is 34.6 Å². The summed E-state index contributed by atoms with van der Waals surface area (Å²) in [7, 11) is 1.64. The minimum Gasteiger partial charge on any atom is -0.493 e. The maximum Gasteiger partial charge on any atom is 0.209 e. The molecule has 1 aliphatic rings. The molecule has 156 valence electrons. The number of hydrogen-bond acceptors (Lipinski definition) is 5. The van der Waals surface area contributed by atoms with Crippen molar-refractivity contribution in [2.75, 3.05) is 13.7 Å². The monoisotopic (exact) mass is 420 g/mol. The second-order valence-electron chi connectivity index (χ2n) is 7.57. The zero-order valence-corrected chi connectivity index (χ0v) is 18.5. The molecule has 0 saturated heterocycles. The molecule has 4 nitrogen and oxygen atoms in total. The van der Waals surface area contributed by atoms with Crippen molar-refractivity contribution in [3.05, 3.63) is 59.0 Å². The van der Waals surface area contributed by atoms with Gasteiger partial charge in [0.2, 0.25) is 5.13 Å². The first-order valence-electron chi connectivity index (χ1n) is 10.7. The van der Waals surface area contributed by atoms with Crippen LogP contribution in [0.1, 0.15) is 56.1 Å². The molecule has 0 spiro atoms. The molecule has 3 aromatic rings. The van der Waals surface area contributed by atoms with Crippen LogP contribution >= 0.6 is 11.3 Å². The van der Waals surface area contributed by atoms with E-state index in [0.717, 1.165) is 33.6 Å². The molecule has 1 aromatic heterocycles. The molecule has 1 aliphatic carbocycles. The van der Waals surface area contributed by atoms with Crippen LogP contribution in [-0.2, 0) is 0 Å². The van der Waals surface area contributed by atoms with Crippen molar-refractivity contribution in [3.8, 4) is 22.8 Å². The van der Waals surface area contributed by atoms with Gasteiger partial charge in [-0.25, -0.2) is 9.98 Å². The van der Waals surface area contributed by atoms with Crippen LogP contribution in [-0.4, -0.2) is 24.9 Å². The van der Waals surface area contributed by atoms with Crippen LogP contribution in [0.5, 0.6) is 11.5 Å². The average Bonchev–Trinajstić information content (AvgIpc) is 3.28. The van der Waals surface area contributed by atoms with Crippen LogP contribution < -0.4 is 9.47 Å². The lowest BCUT2D eigenvalue weighted by atomic mass is 9.84. The standard InChI is InChI=1S/C25H28N2O2S/c1-3-29-23-14-9-18(15-24(23)28-2)16-26-25-27-22(17-30-25)21-12-10-20(11-13-21)19-7-5-4-6-8-19/h9-17,19H,3-8H2,1-2H3. The molecule has 0 aliphatic heterocycles. The minimum absolute atomic E-state index is 0.604. The average molecular weight is 421 g/mol. The summed E-state index contributed by atoms with van der Waals surface area (Å²) in [6.45, 7) is 2.56. The smallest absolute Gasteiger partial charge is 0.209 e.